The highest BCUT2D eigenvalue weighted by Crippen LogP contribution is 2.15. The highest BCUT2D eigenvalue weighted by atomic mass is 16.1. The average molecular weight is 163 g/mol. The number of hydrogen-bond donors (Lipinski definition) is 0. The van der Waals surface area contributed by atoms with E-state index in [9.17, 15) is 4.79 Å². The van der Waals surface area contributed by atoms with Gasteiger partial charge in [-0.3, -0.25) is 9.78 Å². The van der Waals surface area contributed by atoms with E-state index in [-0.39, 0.29) is 11.7 Å². The summed E-state index contributed by atoms with van der Waals surface area (Å²) in [7, 11) is 0. The molecule has 2 heteroatoms. The Kier molecular flexibility index (Phi) is 2.58. The summed E-state index contributed by atoms with van der Waals surface area (Å²) in [6.07, 6.45) is 1.74. The molecule has 1 heterocycles. The fourth-order valence-corrected chi connectivity index (χ4v) is 1.07. The van der Waals surface area contributed by atoms with Gasteiger partial charge in [0.1, 0.15) is 5.78 Å². The summed E-state index contributed by atoms with van der Waals surface area (Å²) in [5, 5.41) is 0. The maximum atomic E-state index is 11.0. The number of aromatic nitrogens is 1. The van der Waals surface area contributed by atoms with E-state index in [0.29, 0.717) is 0 Å². The second kappa shape index (κ2) is 3.48. The van der Waals surface area contributed by atoms with Gasteiger partial charge in [0.05, 0.1) is 0 Å². The number of ketones is 1. The summed E-state index contributed by atoms with van der Waals surface area (Å²) in [4.78, 5) is 15.1. The average Bonchev–Trinajstić information content (AvgIpc) is 2.03. The molecule has 1 rings (SSSR count). The monoisotopic (exact) mass is 163 g/mol. The molecule has 0 aliphatic carbocycles. The summed E-state index contributed by atoms with van der Waals surface area (Å²) in [5.41, 5.74) is 2.01. The maximum Gasteiger partial charge on any atom is 0.136 e. The van der Waals surface area contributed by atoms with Gasteiger partial charge in [0, 0.05) is 17.8 Å². The van der Waals surface area contributed by atoms with Crippen LogP contribution in [0.15, 0.2) is 18.3 Å². The highest BCUT2D eigenvalue weighted by Gasteiger charge is 2.09. The molecule has 0 bridgehead atoms. The number of rotatable bonds is 2. The fraction of sp³-hybridized carbons (Fsp3) is 0.400. The molecule has 1 aromatic rings. The van der Waals surface area contributed by atoms with Crippen molar-refractivity contribution in [1.82, 2.24) is 4.98 Å². The van der Waals surface area contributed by atoms with Crippen LogP contribution in [0.1, 0.15) is 31.0 Å². The number of hydrogen-bond acceptors (Lipinski definition) is 2. The van der Waals surface area contributed by atoms with Crippen LogP contribution in [0.25, 0.3) is 0 Å². The predicted molar refractivity (Wildman–Crippen MR) is 48.1 cm³/mol. The molecule has 0 aromatic carbocycles. The molecule has 0 saturated heterocycles. The first kappa shape index (κ1) is 8.91. The summed E-state index contributed by atoms with van der Waals surface area (Å²) in [5.74, 6) is 0.187. The van der Waals surface area contributed by atoms with Crippen molar-refractivity contribution in [3.63, 3.8) is 0 Å². The molecular weight excluding hydrogens is 150 g/mol. The molecule has 0 aliphatic rings. The van der Waals surface area contributed by atoms with Crippen molar-refractivity contribution in [3.05, 3.63) is 29.6 Å². The van der Waals surface area contributed by atoms with Gasteiger partial charge < -0.3 is 0 Å². The Bertz CT molecular complexity index is 294. The van der Waals surface area contributed by atoms with E-state index < -0.39 is 0 Å². The zero-order chi connectivity index (χ0) is 9.14. The lowest BCUT2D eigenvalue weighted by Gasteiger charge is -2.07. The zero-order valence-electron chi connectivity index (χ0n) is 7.66. The molecule has 1 atom stereocenters. The molecular formula is C10H13NO. The maximum absolute atomic E-state index is 11.0. The molecule has 1 unspecified atom stereocenters. The van der Waals surface area contributed by atoms with Crippen LogP contribution in [0.4, 0.5) is 0 Å². The lowest BCUT2D eigenvalue weighted by molar-refractivity contribution is -0.118. The van der Waals surface area contributed by atoms with Crippen LogP contribution in [0.2, 0.25) is 0 Å². The van der Waals surface area contributed by atoms with Gasteiger partial charge in [-0.2, -0.15) is 0 Å². The number of carbonyl (C=O) groups is 1. The minimum atomic E-state index is -0.00769. The lowest BCUT2D eigenvalue weighted by atomic mass is 9.98. The minimum Gasteiger partial charge on any atom is -0.299 e. The van der Waals surface area contributed by atoms with Gasteiger partial charge in [-0.1, -0.05) is 6.92 Å². The van der Waals surface area contributed by atoms with Crippen LogP contribution in [0.5, 0.6) is 0 Å². The fourth-order valence-electron chi connectivity index (χ4n) is 1.07. The molecule has 12 heavy (non-hydrogen) atoms. The van der Waals surface area contributed by atoms with E-state index >= 15 is 0 Å². The Labute approximate surface area is 72.6 Å². The Hall–Kier alpha value is -1.18. The molecule has 0 fully saturated rings. The first-order valence-electron chi connectivity index (χ1n) is 4.04. The Balaban J connectivity index is 2.95. The second-order valence-electron chi connectivity index (χ2n) is 3.06. The second-order valence-corrected chi connectivity index (χ2v) is 3.06. The summed E-state index contributed by atoms with van der Waals surface area (Å²) in [6, 6.07) is 3.84. The first-order chi connectivity index (χ1) is 5.61. The molecule has 0 radical (unpaired) electrons. The molecule has 0 saturated carbocycles. The lowest BCUT2D eigenvalue weighted by Crippen LogP contribution is -2.04. The van der Waals surface area contributed by atoms with Crippen molar-refractivity contribution < 1.29 is 4.79 Å². The van der Waals surface area contributed by atoms with E-state index in [1.807, 2.05) is 26.0 Å². The third-order valence-electron chi connectivity index (χ3n) is 2.03. The van der Waals surface area contributed by atoms with Crippen LogP contribution in [-0.4, -0.2) is 10.8 Å². The van der Waals surface area contributed by atoms with Gasteiger partial charge in [0.2, 0.25) is 0 Å². The number of pyridine rings is 1. The zero-order valence-corrected chi connectivity index (χ0v) is 7.66. The Morgan fingerprint density at radius 1 is 1.58 bits per heavy atom. The van der Waals surface area contributed by atoms with E-state index in [0.717, 1.165) is 11.3 Å². The molecule has 0 aliphatic heterocycles. The first-order valence-corrected chi connectivity index (χ1v) is 4.04. The topological polar surface area (TPSA) is 30.0 Å². The van der Waals surface area contributed by atoms with Crippen LogP contribution >= 0.6 is 0 Å². The van der Waals surface area contributed by atoms with Gasteiger partial charge in [-0.25, -0.2) is 0 Å². The van der Waals surface area contributed by atoms with Crippen LogP contribution in [0, 0.1) is 6.92 Å². The van der Waals surface area contributed by atoms with Gasteiger partial charge in [0.25, 0.3) is 0 Å². The summed E-state index contributed by atoms with van der Waals surface area (Å²) >= 11 is 0. The number of nitrogens with zero attached hydrogens (tertiary/aromatic N) is 1. The van der Waals surface area contributed by atoms with E-state index in [4.69, 9.17) is 0 Å². The van der Waals surface area contributed by atoms with Crippen molar-refractivity contribution in [1.29, 1.82) is 0 Å². The van der Waals surface area contributed by atoms with Gasteiger partial charge >= 0.3 is 0 Å². The van der Waals surface area contributed by atoms with E-state index in [1.54, 1.807) is 13.1 Å². The molecule has 0 N–H and O–H groups in total. The van der Waals surface area contributed by atoms with Gasteiger partial charge in [-0.05, 0) is 31.5 Å². The Morgan fingerprint density at radius 3 is 2.75 bits per heavy atom. The third-order valence-corrected chi connectivity index (χ3v) is 2.03. The minimum absolute atomic E-state index is 0.00769. The van der Waals surface area contributed by atoms with Crippen LogP contribution in [0.3, 0.4) is 0 Å². The largest absolute Gasteiger partial charge is 0.299 e. The predicted octanol–water partition coefficient (Wildman–Crippen LogP) is 2.08. The van der Waals surface area contributed by atoms with Gasteiger partial charge in [-0.15, -0.1) is 0 Å². The standard InChI is InChI=1S/C10H13NO/c1-7-6-10(4-5-11-7)8(2)9(3)12/h4-6,8H,1-3H3. The SMILES string of the molecule is CC(=O)C(C)c1ccnc(C)c1. The number of aryl methyl sites for hydroxylation is 1. The molecule has 1 aromatic heterocycles. The normalized spacial score (nSPS) is 12.6. The summed E-state index contributed by atoms with van der Waals surface area (Å²) < 4.78 is 0. The van der Waals surface area contributed by atoms with E-state index in [2.05, 4.69) is 4.98 Å². The Morgan fingerprint density at radius 2 is 2.25 bits per heavy atom. The quantitative estimate of drug-likeness (QED) is 0.668. The van der Waals surface area contributed by atoms with Crippen molar-refractivity contribution in [2.45, 2.75) is 26.7 Å². The van der Waals surface area contributed by atoms with Crippen molar-refractivity contribution in [2.75, 3.05) is 0 Å². The number of Topliss-reactive ketones (excluding diaryl/α,β-unsaturated/α-hetero) is 1. The van der Waals surface area contributed by atoms with Gasteiger partial charge in [0.15, 0.2) is 0 Å². The van der Waals surface area contributed by atoms with Crippen molar-refractivity contribution >= 4 is 5.78 Å². The third kappa shape index (κ3) is 1.91. The van der Waals surface area contributed by atoms with Crippen LogP contribution < -0.4 is 0 Å². The molecule has 2 nitrogen and oxygen atoms in total. The summed E-state index contributed by atoms with van der Waals surface area (Å²) in [6.45, 7) is 5.45. The van der Waals surface area contributed by atoms with Crippen molar-refractivity contribution in [3.8, 4) is 0 Å². The smallest absolute Gasteiger partial charge is 0.136 e. The molecule has 0 spiro atoms. The number of carbonyl (C=O) groups excluding carboxylic acids is 1. The van der Waals surface area contributed by atoms with Crippen molar-refractivity contribution in [2.24, 2.45) is 0 Å². The molecule has 64 valence electrons. The van der Waals surface area contributed by atoms with E-state index in [1.165, 1.54) is 0 Å². The molecule has 0 amide bonds. The highest BCUT2D eigenvalue weighted by molar-refractivity contribution is 5.82. The van der Waals surface area contributed by atoms with Crippen LogP contribution in [-0.2, 0) is 4.79 Å².